The summed E-state index contributed by atoms with van der Waals surface area (Å²) in [5, 5.41) is 11.7. The second-order valence-electron chi connectivity index (χ2n) is 5.29. The molecule has 6 heteroatoms. The van der Waals surface area contributed by atoms with Crippen LogP contribution in [0.25, 0.3) is 0 Å². The molecule has 1 amide bonds. The predicted molar refractivity (Wildman–Crippen MR) is 94.6 cm³/mol. The number of hydrogen-bond acceptors (Lipinski definition) is 3. The molecular weight excluding hydrogens is 326 g/mol. The maximum absolute atomic E-state index is 12.2. The molecule has 0 aromatic heterocycles. The Hall–Kier alpha value is -2.47. The van der Waals surface area contributed by atoms with E-state index in [0.29, 0.717) is 5.56 Å². The molecule has 0 aliphatic rings. The number of carbonyl (C=O) groups excluding carboxylic acids is 1. The molecule has 0 radical (unpaired) electrons. The van der Waals surface area contributed by atoms with E-state index < -0.39 is 16.8 Å². The van der Waals surface area contributed by atoms with Gasteiger partial charge in [-0.1, -0.05) is 37.3 Å². The summed E-state index contributed by atoms with van der Waals surface area (Å²) in [6, 6.07) is 13.8. The largest absolute Gasteiger partial charge is 0.478 e. The average Bonchev–Trinajstić information content (AvgIpc) is 2.55. The third-order valence-electron chi connectivity index (χ3n) is 3.47. The maximum atomic E-state index is 12.2. The fraction of sp³-hybridized carbons (Fsp3) is 0.222. The highest BCUT2D eigenvalue weighted by Gasteiger charge is 2.12. The quantitative estimate of drug-likeness (QED) is 0.808. The second kappa shape index (κ2) is 8.40. The zero-order valence-electron chi connectivity index (χ0n) is 13.3. The highest BCUT2D eigenvalue weighted by molar-refractivity contribution is 7.84. The molecule has 0 heterocycles. The summed E-state index contributed by atoms with van der Waals surface area (Å²) in [6.45, 7) is 2.00. The Kier molecular flexibility index (Phi) is 6.26. The van der Waals surface area contributed by atoms with Crippen molar-refractivity contribution in [3.8, 4) is 0 Å². The molecule has 2 N–H and O–H groups in total. The van der Waals surface area contributed by atoms with Gasteiger partial charge < -0.3 is 10.4 Å². The summed E-state index contributed by atoms with van der Waals surface area (Å²) in [6.07, 6.45) is 0.793. The van der Waals surface area contributed by atoms with Crippen LogP contribution in [-0.2, 0) is 27.8 Å². The Balaban J connectivity index is 1.96. The minimum Gasteiger partial charge on any atom is -0.478 e. The second-order valence-corrected chi connectivity index (χ2v) is 6.75. The number of carbonyl (C=O) groups is 2. The normalized spacial score (nSPS) is 11.7. The first-order valence-corrected chi connectivity index (χ1v) is 9.03. The van der Waals surface area contributed by atoms with Gasteiger partial charge in [0.2, 0.25) is 5.91 Å². The summed E-state index contributed by atoms with van der Waals surface area (Å²) < 4.78 is 12.2. The molecule has 24 heavy (non-hydrogen) atoms. The standard InChI is InChI=1S/C18H19NO4S/c1-2-14-7-3-4-9-16(14)19-17(20)12-24(23)11-13-6-5-8-15(10-13)18(21)22/h3-10H,2,11-12H2,1H3,(H,19,20)(H,21,22). The van der Waals surface area contributed by atoms with Gasteiger partial charge in [-0.3, -0.25) is 9.00 Å². The van der Waals surface area contributed by atoms with Crippen molar-refractivity contribution in [3.05, 3.63) is 65.2 Å². The predicted octanol–water partition coefficient (Wildman–Crippen LogP) is 2.83. The lowest BCUT2D eigenvalue weighted by molar-refractivity contribution is -0.113. The van der Waals surface area contributed by atoms with E-state index in [0.717, 1.165) is 17.7 Å². The third kappa shape index (κ3) is 5.03. The van der Waals surface area contributed by atoms with Crippen LogP contribution in [-0.4, -0.2) is 26.9 Å². The first kappa shape index (κ1) is 17.9. The molecule has 0 saturated heterocycles. The molecule has 0 bridgehead atoms. The van der Waals surface area contributed by atoms with Crippen molar-refractivity contribution >= 4 is 28.4 Å². The molecule has 0 saturated carbocycles. The van der Waals surface area contributed by atoms with Gasteiger partial charge in [0.05, 0.1) is 5.56 Å². The van der Waals surface area contributed by atoms with Gasteiger partial charge >= 0.3 is 5.97 Å². The molecule has 126 valence electrons. The maximum Gasteiger partial charge on any atom is 0.335 e. The van der Waals surface area contributed by atoms with Crippen LogP contribution >= 0.6 is 0 Å². The lowest BCUT2D eigenvalue weighted by Gasteiger charge is -2.09. The number of benzene rings is 2. The Morgan fingerprint density at radius 1 is 1.12 bits per heavy atom. The summed E-state index contributed by atoms with van der Waals surface area (Å²) in [7, 11) is -1.41. The number of aromatic carboxylic acids is 1. The van der Waals surface area contributed by atoms with Gasteiger partial charge in [0, 0.05) is 22.2 Å². The molecule has 1 atom stereocenters. The first-order chi connectivity index (χ1) is 11.5. The summed E-state index contributed by atoms with van der Waals surface area (Å²) in [5.74, 6) is -1.33. The van der Waals surface area contributed by atoms with Gasteiger partial charge in [-0.05, 0) is 35.7 Å². The number of para-hydroxylation sites is 1. The van der Waals surface area contributed by atoms with Gasteiger partial charge in [-0.15, -0.1) is 0 Å². The number of nitrogens with one attached hydrogen (secondary N) is 1. The topological polar surface area (TPSA) is 83.5 Å². The van der Waals surface area contributed by atoms with E-state index in [9.17, 15) is 13.8 Å². The van der Waals surface area contributed by atoms with Crippen molar-refractivity contribution in [1.82, 2.24) is 0 Å². The molecular formula is C18H19NO4S. The molecule has 0 fully saturated rings. The third-order valence-corrected chi connectivity index (χ3v) is 4.71. The van der Waals surface area contributed by atoms with E-state index in [1.54, 1.807) is 12.1 Å². The molecule has 5 nitrogen and oxygen atoms in total. The van der Waals surface area contributed by atoms with Crippen molar-refractivity contribution in [2.24, 2.45) is 0 Å². The zero-order chi connectivity index (χ0) is 17.5. The molecule has 0 spiro atoms. The van der Waals surface area contributed by atoms with Gasteiger partial charge in [0.15, 0.2) is 0 Å². The Bertz CT molecular complexity index is 773. The van der Waals surface area contributed by atoms with Gasteiger partial charge in [-0.25, -0.2) is 4.79 Å². The monoisotopic (exact) mass is 345 g/mol. The molecule has 2 aromatic carbocycles. The van der Waals surface area contributed by atoms with Crippen molar-refractivity contribution < 1.29 is 18.9 Å². The van der Waals surface area contributed by atoms with Crippen molar-refractivity contribution in [1.29, 1.82) is 0 Å². The number of carboxylic acid groups (broad SMARTS) is 1. The van der Waals surface area contributed by atoms with Crippen LogP contribution in [0.2, 0.25) is 0 Å². The lowest BCUT2D eigenvalue weighted by Crippen LogP contribution is -2.21. The van der Waals surface area contributed by atoms with Crippen LogP contribution in [0.3, 0.4) is 0 Å². The summed E-state index contributed by atoms with van der Waals surface area (Å²) in [5.41, 5.74) is 2.53. The van der Waals surface area contributed by atoms with E-state index in [2.05, 4.69) is 5.32 Å². The first-order valence-electron chi connectivity index (χ1n) is 7.54. The van der Waals surface area contributed by atoms with Gasteiger partial charge in [-0.2, -0.15) is 0 Å². The Morgan fingerprint density at radius 2 is 1.88 bits per heavy atom. The lowest BCUT2D eigenvalue weighted by atomic mass is 10.1. The van der Waals surface area contributed by atoms with Crippen molar-refractivity contribution in [2.75, 3.05) is 11.1 Å². The SMILES string of the molecule is CCc1ccccc1NC(=O)CS(=O)Cc1cccc(C(=O)O)c1. The molecule has 0 aliphatic carbocycles. The highest BCUT2D eigenvalue weighted by Crippen LogP contribution is 2.15. The number of amides is 1. The van der Waals surface area contributed by atoms with E-state index in [1.165, 1.54) is 12.1 Å². The Morgan fingerprint density at radius 3 is 2.58 bits per heavy atom. The van der Waals surface area contributed by atoms with E-state index in [-0.39, 0.29) is 23.0 Å². The zero-order valence-corrected chi connectivity index (χ0v) is 14.1. The fourth-order valence-corrected chi connectivity index (χ4v) is 3.33. The van der Waals surface area contributed by atoms with Crippen LogP contribution in [0.15, 0.2) is 48.5 Å². The highest BCUT2D eigenvalue weighted by atomic mass is 32.2. The van der Waals surface area contributed by atoms with Crippen molar-refractivity contribution in [2.45, 2.75) is 19.1 Å². The number of carboxylic acids is 1. The van der Waals surface area contributed by atoms with Crippen LogP contribution < -0.4 is 5.32 Å². The number of anilines is 1. The fourth-order valence-electron chi connectivity index (χ4n) is 2.31. The minimum atomic E-state index is -1.41. The smallest absolute Gasteiger partial charge is 0.335 e. The molecule has 0 aliphatic heterocycles. The number of hydrogen-bond donors (Lipinski definition) is 2. The molecule has 1 unspecified atom stereocenters. The summed E-state index contributed by atoms with van der Waals surface area (Å²) in [4.78, 5) is 23.0. The summed E-state index contributed by atoms with van der Waals surface area (Å²) >= 11 is 0. The average molecular weight is 345 g/mol. The molecule has 2 rings (SSSR count). The molecule has 2 aromatic rings. The van der Waals surface area contributed by atoms with Gasteiger partial charge in [0.25, 0.3) is 0 Å². The van der Waals surface area contributed by atoms with Crippen LogP contribution in [0.4, 0.5) is 5.69 Å². The van der Waals surface area contributed by atoms with Crippen LogP contribution in [0, 0.1) is 0 Å². The minimum absolute atomic E-state index is 0.130. The van der Waals surface area contributed by atoms with Crippen molar-refractivity contribution in [3.63, 3.8) is 0 Å². The van der Waals surface area contributed by atoms with Crippen LogP contribution in [0.5, 0.6) is 0 Å². The van der Waals surface area contributed by atoms with Crippen LogP contribution in [0.1, 0.15) is 28.4 Å². The number of aryl methyl sites for hydroxylation is 1. The van der Waals surface area contributed by atoms with E-state index >= 15 is 0 Å². The van der Waals surface area contributed by atoms with E-state index in [4.69, 9.17) is 5.11 Å². The Labute approximate surface area is 143 Å². The van der Waals surface area contributed by atoms with E-state index in [1.807, 2.05) is 31.2 Å². The van der Waals surface area contributed by atoms with Gasteiger partial charge in [0.1, 0.15) is 5.75 Å². The number of rotatable bonds is 7.